The minimum Gasteiger partial charge on any atom is -0.469 e. The SMILES string of the molecule is CCc1occc1C(=O)NCC(C)=O. The van der Waals surface area contributed by atoms with Crippen molar-refractivity contribution >= 4 is 11.7 Å². The third-order valence-corrected chi connectivity index (χ3v) is 1.81. The van der Waals surface area contributed by atoms with Gasteiger partial charge in [0.15, 0.2) is 0 Å². The second-order valence-electron chi connectivity index (χ2n) is 3.00. The zero-order chi connectivity index (χ0) is 10.6. The van der Waals surface area contributed by atoms with E-state index in [9.17, 15) is 9.59 Å². The van der Waals surface area contributed by atoms with Crippen molar-refractivity contribution in [1.82, 2.24) is 5.32 Å². The normalized spacial score (nSPS) is 9.86. The van der Waals surface area contributed by atoms with Gasteiger partial charge in [-0.1, -0.05) is 6.92 Å². The summed E-state index contributed by atoms with van der Waals surface area (Å²) in [5.41, 5.74) is 0.508. The van der Waals surface area contributed by atoms with Crippen LogP contribution in [-0.4, -0.2) is 18.2 Å². The van der Waals surface area contributed by atoms with E-state index in [0.717, 1.165) is 0 Å². The highest BCUT2D eigenvalue weighted by atomic mass is 16.3. The van der Waals surface area contributed by atoms with Crippen LogP contribution in [0, 0.1) is 0 Å². The number of Topliss-reactive ketones (excluding diaryl/α,β-unsaturated/α-hetero) is 1. The fourth-order valence-electron chi connectivity index (χ4n) is 1.12. The lowest BCUT2D eigenvalue weighted by Crippen LogP contribution is -2.28. The standard InChI is InChI=1S/C10H13NO3/c1-3-9-8(4-5-14-9)10(13)11-6-7(2)12/h4-5H,3,6H2,1-2H3,(H,11,13). The summed E-state index contributed by atoms with van der Waals surface area (Å²) in [5, 5.41) is 2.51. The molecule has 76 valence electrons. The van der Waals surface area contributed by atoms with Gasteiger partial charge in [-0.05, 0) is 13.0 Å². The van der Waals surface area contributed by atoms with E-state index in [4.69, 9.17) is 4.42 Å². The van der Waals surface area contributed by atoms with Gasteiger partial charge in [0.2, 0.25) is 0 Å². The number of nitrogens with one attached hydrogen (secondary N) is 1. The maximum absolute atomic E-state index is 11.5. The van der Waals surface area contributed by atoms with Gasteiger partial charge in [0, 0.05) is 6.42 Å². The highest BCUT2D eigenvalue weighted by Crippen LogP contribution is 2.10. The largest absolute Gasteiger partial charge is 0.469 e. The molecule has 0 saturated carbocycles. The first-order valence-electron chi connectivity index (χ1n) is 4.49. The Hall–Kier alpha value is -1.58. The number of ketones is 1. The number of amides is 1. The number of aryl methyl sites for hydroxylation is 1. The molecule has 1 amide bonds. The predicted molar refractivity (Wildman–Crippen MR) is 51.1 cm³/mol. The van der Waals surface area contributed by atoms with Crippen LogP contribution in [0.5, 0.6) is 0 Å². The number of furan rings is 1. The van der Waals surface area contributed by atoms with Crippen LogP contribution in [0.15, 0.2) is 16.7 Å². The molecule has 1 N–H and O–H groups in total. The van der Waals surface area contributed by atoms with Crippen molar-refractivity contribution in [3.8, 4) is 0 Å². The predicted octanol–water partition coefficient (Wildman–Crippen LogP) is 1.16. The van der Waals surface area contributed by atoms with Crippen LogP contribution in [0.1, 0.15) is 30.0 Å². The molecule has 0 unspecified atom stereocenters. The third kappa shape index (κ3) is 2.45. The summed E-state index contributed by atoms with van der Waals surface area (Å²) in [5.74, 6) is 0.316. The summed E-state index contributed by atoms with van der Waals surface area (Å²) >= 11 is 0. The third-order valence-electron chi connectivity index (χ3n) is 1.81. The van der Waals surface area contributed by atoms with E-state index in [1.54, 1.807) is 6.07 Å². The van der Waals surface area contributed by atoms with Crippen molar-refractivity contribution in [2.75, 3.05) is 6.54 Å². The van der Waals surface area contributed by atoms with Crippen molar-refractivity contribution < 1.29 is 14.0 Å². The Morgan fingerprint density at radius 2 is 2.21 bits per heavy atom. The first-order chi connectivity index (χ1) is 6.65. The molecular weight excluding hydrogens is 182 g/mol. The molecule has 4 nitrogen and oxygen atoms in total. The first-order valence-corrected chi connectivity index (χ1v) is 4.49. The summed E-state index contributed by atoms with van der Waals surface area (Å²) < 4.78 is 5.10. The van der Waals surface area contributed by atoms with Crippen LogP contribution in [0.25, 0.3) is 0 Å². The zero-order valence-corrected chi connectivity index (χ0v) is 8.29. The molecule has 0 saturated heterocycles. The maximum Gasteiger partial charge on any atom is 0.255 e. The van der Waals surface area contributed by atoms with Gasteiger partial charge in [0.25, 0.3) is 5.91 Å². The molecule has 0 radical (unpaired) electrons. The molecule has 1 aromatic rings. The smallest absolute Gasteiger partial charge is 0.255 e. The Kier molecular flexibility index (Phi) is 3.45. The van der Waals surface area contributed by atoms with Crippen LogP contribution in [0.3, 0.4) is 0 Å². The lowest BCUT2D eigenvalue weighted by Gasteiger charge is -2.01. The van der Waals surface area contributed by atoms with Crippen molar-refractivity contribution in [3.63, 3.8) is 0 Å². The number of carbonyl (C=O) groups is 2. The van der Waals surface area contributed by atoms with Crippen molar-refractivity contribution in [2.45, 2.75) is 20.3 Å². The van der Waals surface area contributed by atoms with Gasteiger partial charge in [0.1, 0.15) is 11.5 Å². The Morgan fingerprint density at radius 3 is 2.79 bits per heavy atom. The monoisotopic (exact) mass is 195 g/mol. The van der Waals surface area contributed by atoms with Crippen molar-refractivity contribution in [3.05, 3.63) is 23.7 Å². The van der Waals surface area contributed by atoms with Gasteiger partial charge >= 0.3 is 0 Å². The molecule has 0 aliphatic heterocycles. The van der Waals surface area contributed by atoms with Crippen LogP contribution in [0.4, 0.5) is 0 Å². The van der Waals surface area contributed by atoms with Gasteiger partial charge in [-0.25, -0.2) is 0 Å². The van der Waals surface area contributed by atoms with E-state index in [-0.39, 0.29) is 18.2 Å². The second-order valence-corrected chi connectivity index (χ2v) is 3.00. The molecule has 0 atom stereocenters. The molecular formula is C10H13NO3. The lowest BCUT2D eigenvalue weighted by molar-refractivity contribution is -0.116. The van der Waals surface area contributed by atoms with Crippen LogP contribution in [0.2, 0.25) is 0 Å². The fraction of sp³-hybridized carbons (Fsp3) is 0.400. The van der Waals surface area contributed by atoms with Crippen LogP contribution in [-0.2, 0) is 11.2 Å². The highest BCUT2D eigenvalue weighted by molar-refractivity contribution is 5.97. The Labute approximate surface area is 82.3 Å². The molecule has 0 aromatic carbocycles. The van der Waals surface area contributed by atoms with E-state index in [1.165, 1.54) is 13.2 Å². The van der Waals surface area contributed by atoms with E-state index in [1.807, 2.05) is 6.92 Å². The summed E-state index contributed by atoms with van der Waals surface area (Å²) in [6.07, 6.45) is 2.14. The number of carbonyl (C=O) groups excluding carboxylic acids is 2. The van der Waals surface area contributed by atoms with Crippen LogP contribution < -0.4 is 5.32 Å². The topological polar surface area (TPSA) is 59.3 Å². The van der Waals surface area contributed by atoms with Gasteiger partial charge in [0.05, 0.1) is 18.4 Å². The summed E-state index contributed by atoms with van der Waals surface area (Å²) in [6, 6.07) is 1.61. The number of rotatable bonds is 4. The van der Waals surface area contributed by atoms with Crippen molar-refractivity contribution in [1.29, 1.82) is 0 Å². The zero-order valence-electron chi connectivity index (χ0n) is 8.29. The molecule has 0 fully saturated rings. The summed E-state index contributed by atoms with van der Waals surface area (Å²) in [7, 11) is 0. The van der Waals surface area contributed by atoms with E-state index in [2.05, 4.69) is 5.32 Å². The quantitative estimate of drug-likeness (QED) is 0.784. The lowest BCUT2D eigenvalue weighted by atomic mass is 10.2. The highest BCUT2D eigenvalue weighted by Gasteiger charge is 2.12. The van der Waals surface area contributed by atoms with E-state index < -0.39 is 0 Å². The first kappa shape index (κ1) is 10.5. The minimum absolute atomic E-state index is 0.0627. The summed E-state index contributed by atoms with van der Waals surface area (Å²) in [4.78, 5) is 22.1. The Morgan fingerprint density at radius 1 is 1.50 bits per heavy atom. The number of hydrogen-bond donors (Lipinski definition) is 1. The minimum atomic E-state index is -0.259. The molecule has 0 aliphatic rings. The van der Waals surface area contributed by atoms with Crippen molar-refractivity contribution in [2.24, 2.45) is 0 Å². The summed E-state index contributed by atoms with van der Waals surface area (Å²) in [6.45, 7) is 3.39. The van der Waals surface area contributed by atoms with Crippen LogP contribution >= 0.6 is 0 Å². The maximum atomic E-state index is 11.5. The Balaban J connectivity index is 2.64. The number of hydrogen-bond acceptors (Lipinski definition) is 3. The molecule has 1 heterocycles. The molecule has 1 aromatic heterocycles. The van der Waals surface area contributed by atoms with Gasteiger partial charge in [-0.3, -0.25) is 9.59 Å². The van der Waals surface area contributed by atoms with Gasteiger partial charge < -0.3 is 9.73 Å². The molecule has 0 aliphatic carbocycles. The molecule has 0 spiro atoms. The molecule has 0 bridgehead atoms. The molecule has 4 heteroatoms. The van der Waals surface area contributed by atoms with Gasteiger partial charge in [-0.15, -0.1) is 0 Å². The average molecular weight is 195 g/mol. The molecule has 14 heavy (non-hydrogen) atoms. The average Bonchev–Trinajstić information content (AvgIpc) is 2.61. The van der Waals surface area contributed by atoms with Gasteiger partial charge in [-0.2, -0.15) is 0 Å². The Bertz CT molecular complexity index is 341. The molecule has 1 rings (SSSR count). The fourth-order valence-corrected chi connectivity index (χ4v) is 1.12. The van der Waals surface area contributed by atoms with E-state index in [0.29, 0.717) is 17.7 Å². The second kappa shape index (κ2) is 4.60. The van der Waals surface area contributed by atoms with E-state index >= 15 is 0 Å².